The summed E-state index contributed by atoms with van der Waals surface area (Å²) < 4.78 is 5.14. The zero-order chi connectivity index (χ0) is 20.2. The van der Waals surface area contributed by atoms with Crippen LogP contribution in [-0.2, 0) is 22.6 Å². The van der Waals surface area contributed by atoms with Gasteiger partial charge in [0.05, 0.1) is 25.8 Å². The highest BCUT2D eigenvalue weighted by Crippen LogP contribution is 2.25. The number of hydrogen-bond donors (Lipinski definition) is 2. The Hall–Kier alpha value is -3.27. The maximum Gasteiger partial charge on any atom is 0.228 e. The van der Waals surface area contributed by atoms with Crippen molar-refractivity contribution in [1.82, 2.24) is 25.5 Å². The third-order valence-electron chi connectivity index (χ3n) is 4.52. The Morgan fingerprint density at radius 3 is 2.86 bits per heavy atom. The van der Waals surface area contributed by atoms with E-state index in [1.807, 2.05) is 29.6 Å². The van der Waals surface area contributed by atoms with E-state index >= 15 is 0 Å². The first kappa shape index (κ1) is 19.1. The molecule has 4 rings (SSSR count). The summed E-state index contributed by atoms with van der Waals surface area (Å²) in [7, 11) is 1.61. The summed E-state index contributed by atoms with van der Waals surface area (Å²) in [5.41, 5.74) is 1.50. The van der Waals surface area contributed by atoms with Gasteiger partial charge in [0.25, 0.3) is 0 Å². The average Bonchev–Trinajstić information content (AvgIpc) is 3.47. The van der Waals surface area contributed by atoms with Gasteiger partial charge in [-0.2, -0.15) is 5.10 Å². The number of anilines is 1. The van der Waals surface area contributed by atoms with E-state index in [0.29, 0.717) is 35.4 Å². The minimum Gasteiger partial charge on any atom is -0.497 e. The average molecular weight is 412 g/mol. The van der Waals surface area contributed by atoms with E-state index in [1.165, 1.54) is 11.3 Å². The zero-order valence-electron chi connectivity index (χ0n) is 15.8. The van der Waals surface area contributed by atoms with Gasteiger partial charge in [0, 0.05) is 23.9 Å². The number of aromatic amines is 1. The Bertz CT molecular complexity index is 1010. The number of ether oxygens (including phenoxy) is 1. The van der Waals surface area contributed by atoms with Crippen LogP contribution in [-0.4, -0.2) is 45.6 Å². The predicted molar refractivity (Wildman–Crippen MR) is 108 cm³/mol. The van der Waals surface area contributed by atoms with Crippen molar-refractivity contribution in [2.45, 2.75) is 25.8 Å². The number of carbonyl (C=O) groups excluding carboxylic acids is 2. The molecule has 29 heavy (non-hydrogen) atoms. The van der Waals surface area contributed by atoms with Crippen LogP contribution in [0.15, 0.2) is 29.6 Å². The van der Waals surface area contributed by atoms with Crippen molar-refractivity contribution in [2.24, 2.45) is 0 Å². The van der Waals surface area contributed by atoms with Crippen molar-refractivity contribution < 1.29 is 14.3 Å². The van der Waals surface area contributed by atoms with E-state index < -0.39 is 0 Å². The van der Waals surface area contributed by atoms with Crippen LogP contribution in [0.3, 0.4) is 0 Å². The highest BCUT2D eigenvalue weighted by molar-refractivity contribution is 7.14. The van der Waals surface area contributed by atoms with Gasteiger partial charge in [0.2, 0.25) is 11.8 Å². The summed E-state index contributed by atoms with van der Waals surface area (Å²) in [6.45, 7) is 0.934. The van der Waals surface area contributed by atoms with Crippen LogP contribution in [0.4, 0.5) is 5.13 Å². The molecule has 2 aromatic heterocycles. The van der Waals surface area contributed by atoms with E-state index in [0.717, 1.165) is 17.7 Å². The normalized spacial score (nSPS) is 13.7. The van der Waals surface area contributed by atoms with Crippen molar-refractivity contribution in [3.8, 4) is 17.1 Å². The van der Waals surface area contributed by atoms with Crippen LogP contribution >= 0.6 is 11.3 Å². The Kier molecular flexibility index (Phi) is 5.52. The largest absolute Gasteiger partial charge is 0.497 e. The minimum absolute atomic E-state index is 0.0911. The Labute approximate surface area is 171 Å². The Morgan fingerprint density at radius 2 is 2.14 bits per heavy atom. The quantitative estimate of drug-likeness (QED) is 0.613. The number of methoxy groups -OCH3 is 1. The van der Waals surface area contributed by atoms with Crippen molar-refractivity contribution in [3.05, 3.63) is 41.2 Å². The lowest BCUT2D eigenvalue weighted by Gasteiger charge is -2.10. The van der Waals surface area contributed by atoms with Crippen LogP contribution in [0.2, 0.25) is 0 Å². The second-order valence-corrected chi connectivity index (χ2v) is 7.39. The van der Waals surface area contributed by atoms with Crippen LogP contribution in [0.25, 0.3) is 11.4 Å². The standard InChI is InChI=1S/C19H20N6O3S/c1-28-14-6-4-12(5-7-14)18-22-15(23-24-18)10-20-16(26)9-13-11-29-19(21-13)25-8-2-3-17(25)27/h4-7,11H,2-3,8-10H2,1H3,(H,20,26)(H,22,23,24). The highest BCUT2D eigenvalue weighted by atomic mass is 32.1. The number of nitrogens with zero attached hydrogens (tertiary/aromatic N) is 4. The second kappa shape index (κ2) is 8.39. The van der Waals surface area contributed by atoms with Gasteiger partial charge < -0.3 is 10.1 Å². The van der Waals surface area contributed by atoms with Gasteiger partial charge in [0.15, 0.2) is 11.0 Å². The maximum atomic E-state index is 12.2. The number of amides is 2. The van der Waals surface area contributed by atoms with E-state index in [4.69, 9.17) is 4.74 Å². The molecular formula is C19H20N6O3S. The fourth-order valence-electron chi connectivity index (χ4n) is 3.00. The molecule has 0 radical (unpaired) electrons. The molecular weight excluding hydrogens is 392 g/mol. The van der Waals surface area contributed by atoms with Gasteiger partial charge >= 0.3 is 0 Å². The first-order valence-electron chi connectivity index (χ1n) is 9.19. The summed E-state index contributed by atoms with van der Waals surface area (Å²) in [6.07, 6.45) is 1.56. The number of nitrogens with one attached hydrogen (secondary N) is 2. The van der Waals surface area contributed by atoms with Crippen molar-refractivity contribution >= 4 is 28.3 Å². The lowest BCUT2D eigenvalue weighted by Crippen LogP contribution is -2.26. The Balaban J connectivity index is 1.30. The lowest BCUT2D eigenvalue weighted by molar-refractivity contribution is -0.120. The SMILES string of the molecule is COc1ccc(-c2n[nH]c(CNC(=O)Cc3csc(N4CCCC4=O)n3)n2)cc1. The molecule has 0 spiro atoms. The zero-order valence-corrected chi connectivity index (χ0v) is 16.7. The number of benzene rings is 1. The topological polar surface area (TPSA) is 113 Å². The molecule has 1 fully saturated rings. The fraction of sp³-hybridized carbons (Fsp3) is 0.316. The molecule has 3 heterocycles. The van der Waals surface area contributed by atoms with E-state index in [1.54, 1.807) is 12.0 Å². The number of aromatic nitrogens is 4. The van der Waals surface area contributed by atoms with Gasteiger partial charge in [-0.1, -0.05) is 0 Å². The molecule has 1 aliphatic heterocycles. The molecule has 0 atom stereocenters. The van der Waals surface area contributed by atoms with Gasteiger partial charge in [0.1, 0.15) is 11.6 Å². The van der Waals surface area contributed by atoms with E-state index in [2.05, 4.69) is 25.5 Å². The summed E-state index contributed by atoms with van der Waals surface area (Å²) in [6, 6.07) is 7.42. The summed E-state index contributed by atoms with van der Waals surface area (Å²) in [4.78, 5) is 34.5. The third-order valence-corrected chi connectivity index (χ3v) is 5.43. The van der Waals surface area contributed by atoms with Crippen molar-refractivity contribution in [2.75, 3.05) is 18.6 Å². The smallest absolute Gasteiger partial charge is 0.228 e. The fourth-order valence-corrected chi connectivity index (χ4v) is 3.87. The molecule has 0 bridgehead atoms. The molecule has 10 heteroatoms. The molecule has 1 aliphatic rings. The van der Waals surface area contributed by atoms with Gasteiger partial charge in [-0.05, 0) is 30.7 Å². The van der Waals surface area contributed by atoms with Gasteiger partial charge in [-0.25, -0.2) is 9.97 Å². The number of thiazole rings is 1. The van der Waals surface area contributed by atoms with Crippen LogP contribution in [0.1, 0.15) is 24.4 Å². The molecule has 0 aliphatic carbocycles. The Morgan fingerprint density at radius 1 is 1.31 bits per heavy atom. The van der Waals surface area contributed by atoms with Crippen LogP contribution < -0.4 is 15.0 Å². The maximum absolute atomic E-state index is 12.2. The minimum atomic E-state index is -0.169. The van der Waals surface area contributed by atoms with Gasteiger partial charge in [-0.15, -0.1) is 11.3 Å². The first-order valence-corrected chi connectivity index (χ1v) is 10.1. The molecule has 1 aromatic carbocycles. The summed E-state index contributed by atoms with van der Waals surface area (Å²) in [5.74, 6) is 1.79. The summed E-state index contributed by atoms with van der Waals surface area (Å²) >= 11 is 1.39. The second-order valence-electron chi connectivity index (χ2n) is 6.56. The van der Waals surface area contributed by atoms with Crippen molar-refractivity contribution in [1.29, 1.82) is 0 Å². The number of carbonyl (C=O) groups is 2. The number of H-pyrrole nitrogens is 1. The summed E-state index contributed by atoms with van der Waals surface area (Å²) in [5, 5.41) is 12.3. The third kappa shape index (κ3) is 4.43. The van der Waals surface area contributed by atoms with E-state index in [-0.39, 0.29) is 24.8 Å². The van der Waals surface area contributed by atoms with Gasteiger partial charge in [-0.3, -0.25) is 19.6 Å². The number of rotatable bonds is 7. The molecule has 9 nitrogen and oxygen atoms in total. The number of hydrogen-bond acceptors (Lipinski definition) is 7. The van der Waals surface area contributed by atoms with Crippen LogP contribution in [0.5, 0.6) is 5.75 Å². The predicted octanol–water partition coefficient (Wildman–Crippen LogP) is 1.92. The lowest BCUT2D eigenvalue weighted by atomic mass is 10.2. The van der Waals surface area contributed by atoms with Crippen LogP contribution in [0, 0.1) is 0 Å². The van der Waals surface area contributed by atoms with Crippen molar-refractivity contribution in [3.63, 3.8) is 0 Å². The highest BCUT2D eigenvalue weighted by Gasteiger charge is 2.24. The molecule has 3 aromatic rings. The first-order chi connectivity index (χ1) is 14.1. The molecule has 0 unspecified atom stereocenters. The molecule has 0 saturated carbocycles. The monoisotopic (exact) mass is 412 g/mol. The molecule has 150 valence electrons. The molecule has 2 N–H and O–H groups in total. The molecule has 1 saturated heterocycles. The molecule has 2 amide bonds. The van der Waals surface area contributed by atoms with E-state index in [9.17, 15) is 9.59 Å².